The molecule has 1 amide bonds. The van der Waals surface area contributed by atoms with Crippen molar-refractivity contribution in [3.05, 3.63) is 88.9 Å². The summed E-state index contributed by atoms with van der Waals surface area (Å²) in [4.78, 5) is 26.4. The number of fused-ring (bicyclic) bond motifs is 1. The van der Waals surface area contributed by atoms with Crippen LogP contribution in [-0.4, -0.2) is 35.6 Å². The van der Waals surface area contributed by atoms with Gasteiger partial charge in [0.15, 0.2) is 17.2 Å². The number of nitrogens with zero attached hydrogens (tertiary/aromatic N) is 6. The van der Waals surface area contributed by atoms with Crippen LogP contribution in [0.15, 0.2) is 77.5 Å². The number of amides is 1. The van der Waals surface area contributed by atoms with Crippen molar-refractivity contribution in [2.75, 3.05) is 5.32 Å². The number of aromatic nitrogens is 5. The Kier molecular flexibility index (Phi) is 4.60. The van der Waals surface area contributed by atoms with E-state index in [0.29, 0.717) is 22.9 Å². The van der Waals surface area contributed by atoms with E-state index in [2.05, 4.69) is 25.6 Å². The molecule has 11 nitrogen and oxygen atoms in total. The van der Waals surface area contributed by atoms with Crippen LogP contribution in [0.3, 0.4) is 0 Å². The topological polar surface area (TPSA) is 141 Å². The summed E-state index contributed by atoms with van der Waals surface area (Å²) in [5.74, 6) is -0.681. The molecule has 5 aromatic rings. The van der Waals surface area contributed by atoms with Gasteiger partial charge in [-0.15, -0.1) is 10.2 Å². The fourth-order valence-corrected chi connectivity index (χ4v) is 3.12. The molecule has 0 atom stereocenters. The molecule has 4 aromatic heterocycles. The first-order chi connectivity index (χ1) is 15.6. The molecule has 0 saturated carbocycles. The highest BCUT2D eigenvalue weighted by Gasteiger charge is 2.18. The van der Waals surface area contributed by atoms with Crippen molar-refractivity contribution in [1.82, 2.24) is 24.8 Å². The quantitative estimate of drug-likeness (QED) is 0.331. The first kappa shape index (κ1) is 19.1. The summed E-state index contributed by atoms with van der Waals surface area (Å²) in [6.45, 7) is 0. The van der Waals surface area contributed by atoms with Crippen molar-refractivity contribution in [3.63, 3.8) is 0 Å². The minimum atomic E-state index is -0.704. The number of furan rings is 1. The average Bonchev–Trinajstić information content (AvgIpc) is 3.47. The number of hydrogen-bond acceptors (Lipinski definition) is 8. The minimum Gasteiger partial charge on any atom is -0.395 e. The third kappa shape index (κ3) is 3.54. The van der Waals surface area contributed by atoms with Crippen molar-refractivity contribution in [2.24, 2.45) is 0 Å². The molecule has 1 N–H and O–H groups in total. The Morgan fingerprint density at radius 2 is 1.84 bits per heavy atom. The summed E-state index contributed by atoms with van der Waals surface area (Å²) < 4.78 is 6.58. The molecule has 0 spiro atoms. The van der Waals surface area contributed by atoms with Gasteiger partial charge in [-0.1, -0.05) is 12.1 Å². The van der Waals surface area contributed by atoms with Crippen LogP contribution in [0.2, 0.25) is 0 Å². The predicted octanol–water partition coefficient (Wildman–Crippen LogP) is 3.61. The maximum Gasteiger partial charge on any atom is 0.433 e. The minimum absolute atomic E-state index is 0.159. The molecule has 0 unspecified atom stereocenters. The zero-order valence-electron chi connectivity index (χ0n) is 16.2. The second kappa shape index (κ2) is 7.72. The average molecular weight is 427 g/mol. The molecule has 156 valence electrons. The smallest absolute Gasteiger partial charge is 0.395 e. The molecule has 0 aliphatic rings. The Hall–Kier alpha value is -4.93. The van der Waals surface area contributed by atoms with Gasteiger partial charge in [-0.05, 0) is 42.5 Å². The van der Waals surface area contributed by atoms with Crippen LogP contribution < -0.4 is 5.32 Å². The molecule has 11 heteroatoms. The van der Waals surface area contributed by atoms with Gasteiger partial charge in [-0.25, -0.2) is 0 Å². The highest BCUT2D eigenvalue weighted by Crippen LogP contribution is 2.24. The summed E-state index contributed by atoms with van der Waals surface area (Å²) >= 11 is 0. The fraction of sp³-hybridized carbons (Fsp3) is 0. The summed E-state index contributed by atoms with van der Waals surface area (Å²) in [6.07, 6.45) is 3.33. The van der Waals surface area contributed by atoms with Crippen LogP contribution in [0.1, 0.15) is 10.6 Å². The van der Waals surface area contributed by atoms with E-state index in [1.165, 1.54) is 6.07 Å². The van der Waals surface area contributed by atoms with Gasteiger partial charge in [0, 0.05) is 29.2 Å². The molecule has 0 aliphatic carbocycles. The van der Waals surface area contributed by atoms with E-state index in [4.69, 9.17) is 4.42 Å². The Morgan fingerprint density at radius 1 is 1.00 bits per heavy atom. The zero-order chi connectivity index (χ0) is 22.1. The molecule has 0 fully saturated rings. The van der Waals surface area contributed by atoms with Crippen LogP contribution in [0.5, 0.6) is 0 Å². The molecule has 32 heavy (non-hydrogen) atoms. The third-order valence-electron chi connectivity index (χ3n) is 4.61. The predicted molar refractivity (Wildman–Crippen MR) is 113 cm³/mol. The highest BCUT2D eigenvalue weighted by molar-refractivity contribution is 6.02. The van der Waals surface area contributed by atoms with Crippen molar-refractivity contribution in [1.29, 1.82) is 0 Å². The summed E-state index contributed by atoms with van der Waals surface area (Å²) in [5, 5.41) is 26.4. The van der Waals surface area contributed by atoms with E-state index in [1.54, 1.807) is 47.2 Å². The van der Waals surface area contributed by atoms with Gasteiger partial charge in [0.25, 0.3) is 5.91 Å². The zero-order valence-corrected chi connectivity index (χ0v) is 16.2. The third-order valence-corrected chi connectivity index (χ3v) is 4.61. The van der Waals surface area contributed by atoms with E-state index >= 15 is 0 Å². The first-order valence-electron chi connectivity index (χ1n) is 9.37. The molecule has 5 rings (SSSR count). The summed E-state index contributed by atoms with van der Waals surface area (Å²) in [6, 6.07) is 16.7. The van der Waals surface area contributed by atoms with Gasteiger partial charge in [0.1, 0.15) is 4.92 Å². The maximum atomic E-state index is 12.4. The van der Waals surface area contributed by atoms with Gasteiger partial charge < -0.3 is 9.73 Å². The van der Waals surface area contributed by atoms with Gasteiger partial charge in [0.2, 0.25) is 0 Å². The number of hydrogen-bond donors (Lipinski definition) is 1. The van der Waals surface area contributed by atoms with Gasteiger partial charge in [0.05, 0.1) is 11.8 Å². The van der Waals surface area contributed by atoms with Gasteiger partial charge in [-0.2, -0.15) is 9.61 Å². The second-order valence-corrected chi connectivity index (χ2v) is 6.68. The van der Waals surface area contributed by atoms with Crippen LogP contribution in [-0.2, 0) is 0 Å². The number of benzene rings is 1. The van der Waals surface area contributed by atoms with E-state index < -0.39 is 16.7 Å². The van der Waals surface area contributed by atoms with E-state index in [1.807, 2.05) is 18.2 Å². The lowest BCUT2D eigenvalue weighted by Crippen LogP contribution is -2.10. The molecule has 0 saturated heterocycles. The van der Waals surface area contributed by atoms with Crippen LogP contribution in [0.4, 0.5) is 11.6 Å². The molecular formula is C21H13N7O4. The number of nitrogens with one attached hydrogen (secondary N) is 1. The molecular weight excluding hydrogens is 414 g/mol. The monoisotopic (exact) mass is 427 g/mol. The number of anilines is 1. The number of carbonyl (C=O) groups excluding carboxylic acids is 1. The summed E-state index contributed by atoms with van der Waals surface area (Å²) in [7, 11) is 0. The lowest BCUT2D eigenvalue weighted by molar-refractivity contribution is -0.402. The van der Waals surface area contributed by atoms with Crippen molar-refractivity contribution >= 4 is 23.1 Å². The lowest BCUT2D eigenvalue weighted by Gasteiger charge is -2.07. The maximum absolute atomic E-state index is 12.4. The van der Waals surface area contributed by atoms with Crippen LogP contribution >= 0.6 is 0 Å². The molecule has 4 heterocycles. The SMILES string of the molecule is O=C(Nc1cccc(-c2ccc3nnc(-c4ccncc4)n3n2)c1)c1ccc([N+](=O)[O-])o1. The normalized spacial score (nSPS) is 10.9. The number of nitro groups is 1. The Labute approximate surface area is 179 Å². The Bertz CT molecular complexity index is 1460. The van der Waals surface area contributed by atoms with Crippen molar-refractivity contribution in [3.8, 4) is 22.6 Å². The fourth-order valence-electron chi connectivity index (χ4n) is 3.12. The number of carbonyl (C=O) groups is 1. The van der Waals surface area contributed by atoms with Crippen molar-refractivity contribution < 1.29 is 14.1 Å². The van der Waals surface area contributed by atoms with Crippen molar-refractivity contribution in [2.45, 2.75) is 0 Å². The second-order valence-electron chi connectivity index (χ2n) is 6.68. The lowest BCUT2D eigenvalue weighted by atomic mass is 10.1. The standard InChI is InChI=1S/C21H13N7O4/c29-21(17-5-7-19(32-17)28(30)31)23-15-3-1-2-14(12-15)16-4-6-18-24-25-20(27(18)26-16)13-8-10-22-11-9-13/h1-12H,(H,23,29). The molecule has 1 aromatic carbocycles. The van der Waals surface area contributed by atoms with E-state index in [-0.39, 0.29) is 5.76 Å². The molecule has 0 radical (unpaired) electrons. The molecule has 0 bridgehead atoms. The summed E-state index contributed by atoms with van der Waals surface area (Å²) in [5.41, 5.74) is 3.27. The Balaban J connectivity index is 1.45. The first-order valence-corrected chi connectivity index (χ1v) is 9.37. The van der Waals surface area contributed by atoms with Gasteiger partial charge >= 0.3 is 5.88 Å². The van der Waals surface area contributed by atoms with Crippen LogP contribution in [0.25, 0.3) is 28.3 Å². The van der Waals surface area contributed by atoms with Gasteiger partial charge in [-0.3, -0.25) is 19.9 Å². The number of rotatable bonds is 5. The van der Waals surface area contributed by atoms with E-state index in [0.717, 1.165) is 17.2 Å². The van der Waals surface area contributed by atoms with Crippen LogP contribution in [0, 0.1) is 10.1 Å². The largest absolute Gasteiger partial charge is 0.433 e. The highest BCUT2D eigenvalue weighted by atomic mass is 16.6. The molecule has 0 aliphatic heterocycles. The Morgan fingerprint density at radius 3 is 2.62 bits per heavy atom. The van der Waals surface area contributed by atoms with E-state index in [9.17, 15) is 14.9 Å². The number of pyridine rings is 1.